The van der Waals surface area contributed by atoms with Crippen LogP contribution in [0.25, 0.3) is 5.57 Å². The lowest BCUT2D eigenvalue weighted by Gasteiger charge is -2.59. The number of alkyl halides is 3. The molecule has 2 aromatic rings. The molecule has 2 aliphatic heterocycles. The summed E-state index contributed by atoms with van der Waals surface area (Å²) < 4.78 is 48.5. The van der Waals surface area contributed by atoms with Gasteiger partial charge in [0, 0.05) is 45.1 Å². The molecule has 2 unspecified atom stereocenters. The first kappa shape index (κ1) is 22.4. The van der Waals surface area contributed by atoms with Crippen molar-refractivity contribution in [1.82, 2.24) is 40.1 Å². The van der Waals surface area contributed by atoms with E-state index in [1.807, 2.05) is 6.92 Å². The van der Waals surface area contributed by atoms with Gasteiger partial charge in [-0.25, -0.2) is 9.78 Å². The number of fused-ring (bicyclic) bond motifs is 2. The number of aryl methyl sites for hydroxylation is 2. The summed E-state index contributed by atoms with van der Waals surface area (Å²) in [7, 11) is 3.08. The van der Waals surface area contributed by atoms with Gasteiger partial charge in [0.1, 0.15) is 17.7 Å². The zero-order valence-electron chi connectivity index (χ0n) is 19.1. The number of likely N-dealkylation sites (N-methyl/N-ethyl adjacent to an activating group) is 1. The number of nitrogens with one attached hydrogen (secondary N) is 1. The minimum absolute atomic E-state index is 0.0124. The summed E-state index contributed by atoms with van der Waals surface area (Å²) in [5.74, 6) is 1.11. The Morgan fingerprint density at radius 1 is 1.32 bits per heavy atom. The summed E-state index contributed by atoms with van der Waals surface area (Å²) >= 11 is 0. The molecule has 2 amide bonds. The lowest BCUT2D eigenvalue weighted by atomic mass is 9.68. The first-order valence-corrected chi connectivity index (χ1v) is 11.1. The van der Waals surface area contributed by atoms with Crippen molar-refractivity contribution in [2.75, 3.05) is 13.6 Å². The van der Waals surface area contributed by atoms with Crippen LogP contribution in [0, 0.1) is 0 Å². The highest BCUT2D eigenvalue weighted by atomic mass is 19.4. The van der Waals surface area contributed by atoms with Crippen molar-refractivity contribution < 1.29 is 22.4 Å². The highest BCUT2D eigenvalue weighted by Crippen LogP contribution is 2.53. The van der Waals surface area contributed by atoms with E-state index >= 15 is 0 Å². The number of allylic oxidation sites excluding steroid dienone is 2. The fourth-order valence-corrected chi connectivity index (χ4v) is 5.09. The number of rotatable bonds is 4. The molecule has 1 N–H and O–H groups in total. The normalized spacial score (nSPS) is 24.8. The van der Waals surface area contributed by atoms with Crippen LogP contribution < -0.4 is 5.32 Å². The minimum Gasteiger partial charge on any atom is -0.423 e. The summed E-state index contributed by atoms with van der Waals surface area (Å²) in [4.78, 5) is 20.5. The molecule has 182 valence electrons. The van der Waals surface area contributed by atoms with Gasteiger partial charge in [-0.2, -0.15) is 18.3 Å². The predicted octanol–water partition coefficient (Wildman–Crippen LogP) is 2.73. The fraction of sp³-hybridized carbons (Fsp3) is 0.571. The predicted molar refractivity (Wildman–Crippen MR) is 113 cm³/mol. The van der Waals surface area contributed by atoms with Crippen molar-refractivity contribution >= 4 is 11.6 Å². The minimum atomic E-state index is -4.57. The number of hydrogen-bond donors (Lipinski definition) is 1. The van der Waals surface area contributed by atoms with Crippen molar-refractivity contribution in [3.05, 3.63) is 41.4 Å². The van der Waals surface area contributed by atoms with Gasteiger partial charge in [-0.15, -0.1) is 10.2 Å². The van der Waals surface area contributed by atoms with Gasteiger partial charge in [0.15, 0.2) is 5.82 Å². The van der Waals surface area contributed by atoms with Crippen molar-refractivity contribution in [3.63, 3.8) is 0 Å². The van der Waals surface area contributed by atoms with Gasteiger partial charge in [0.05, 0.1) is 5.57 Å². The van der Waals surface area contributed by atoms with Crippen LogP contribution in [-0.2, 0) is 19.0 Å². The van der Waals surface area contributed by atoms with Crippen LogP contribution >= 0.6 is 0 Å². The van der Waals surface area contributed by atoms with E-state index in [9.17, 15) is 18.0 Å². The molecule has 0 aromatic carbocycles. The van der Waals surface area contributed by atoms with Gasteiger partial charge >= 0.3 is 12.2 Å². The maximum atomic E-state index is 13.8. The second kappa shape index (κ2) is 7.84. The van der Waals surface area contributed by atoms with Crippen LogP contribution in [0.15, 0.2) is 28.2 Å². The van der Waals surface area contributed by atoms with Crippen LogP contribution in [-0.4, -0.2) is 66.6 Å². The molecule has 5 rings (SSSR count). The third kappa shape index (κ3) is 3.53. The average Bonchev–Trinajstić information content (AvgIpc) is 3.43. The highest BCUT2D eigenvalue weighted by molar-refractivity contribution is 5.81. The third-order valence-corrected chi connectivity index (χ3v) is 6.74. The van der Waals surface area contributed by atoms with E-state index in [0.717, 1.165) is 19.3 Å². The lowest BCUT2D eigenvalue weighted by Crippen LogP contribution is -2.70. The number of likely N-dealkylation sites (tertiary alicyclic amines) is 1. The standard InChI is InChI=1S/C21H25F3N8O2/c1-4-16-27-28-18(34-16)20-7-5-6-12(9-20)32(20)19(33)26-15-8-13(17-25-11-31(3)29-17)14(10-30(15)2)21(22,23)24/h8,11-12H,4-7,9-10H2,1-3H3,(H,26,33). The fourth-order valence-electron chi connectivity index (χ4n) is 5.09. The van der Waals surface area contributed by atoms with Crippen LogP contribution in [0.2, 0.25) is 0 Å². The second-order valence-electron chi connectivity index (χ2n) is 8.95. The van der Waals surface area contributed by atoms with E-state index in [2.05, 4.69) is 25.6 Å². The first-order valence-electron chi connectivity index (χ1n) is 11.1. The van der Waals surface area contributed by atoms with Gasteiger partial charge in [0.25, 0.3) is 0 Å². The van der Waals surface area contributed by atoms with Crippen LogP contribution in [0.5, 0.6) is 0 Å². The average molecular weight is 478 g/mol. The van der Waals surface area contributed by atoms with Crippen molar-refractivity contribution in [3.8, 4) is 0 Å². The number of carbonyl (C=O) groups excluding carboxylic acids is 1. The SMILES string of the molecule is CCc1nnc(C23CCCC(C2)N3C(=O)NC2=CC(c3ncn(C)n3)=C(C(F)(F)F)CN2C)o1. The number of amides is 2. The molecule has 1 saturated carbocycles. The van der Waals surface area contributed by atoms with Crippen molar-refractivity contribution in [2.24, 2.45) is 7.05 Å². The van der Waals surface area contributed by atoms with E-state index in [0.29, 0.717) is 24.6 Å². The zero-order valence-corrected chi connectivity index (χ0v) is 19.1. The third-order valence-electron chi connectivity index (χ3n) is 6.74. The molecule has 2 fully saturated rings. The molecule has 1 saturated heterocycles. The first-order chi connectivity index (χ1) is 16.1. The zero-order chi connectivity index (χ0) is 24.3. The Bertz CT molecular complexity index is 1180. The number of carbonyl (C=O) groups is 1. The van der Waals surface area contributed by atoms with Gasteiger partial charge in [-0.3, -0.25) is 10.00 Å². The van der Waals surface area contributed by atoms with Gasteiger partial charge in [0.2, 0.25) is 11.8 Å². The smallest absolute Gasteiger partial charge is 0.415 e. The Labute approximate surface area is 193 Å². The van der Waals surface area contributed by atoms with E-state index in [1.54, 1.807) is 11.9 Å². The molecular weight excluding hydrogens is 453 g/mol. The van der Waals surface area contributed by atoms with Crippen molar-refractivity contribution in [2.45, 2.75) is 56.8 Å². The molecule has 13 heteroatoms. The number of aromatic nitrogens is 5. The Morgan fingerprint density at radius 3 is 2.74 bits per heavy atom. The van der Waals surface area contributed by atoms with E-state index in [4.69, 9.17) is 4.42 Å². The van der Waals surface area contributed by atoms with Gasteiger partial charge in [-0.05, 0) is 25.3 Å². The Kier molecular flexibility index (Phi) is 5.17. The molecule has 2 bridgehead atoms. The Morgan fingerprint density at radius 2 is 2.12 bits per heavy atom. The van der Waals surface area contributed by atoms with Crippen LogP contribution in [0.1, 0.15) is 50.2 Å². The molecule has 0 radical (unpaired) electrons. The second-order valence-corrected chi connectivity index (χ2v) is 8.95. The Balaban J connectivity index is 1.45. The van der Waals surface area contributed by atoms with E-state index in [1.165, 1.54) is 29.0 Å². The molecule has 34 heavy (non-hydrogen) atoms. The van der Waals surface area contributed by atoms with Crippen LogP contribution in [0.3, 0.4) is 0 Å². The number of halogens is 3. The molecule has 3 aliphatic rings. The summed E-state index contributed by atoms with van der Waals surface area (Å²) in [6, 6.07) is -0.396. The quantitative estimate of drug-likeness (QED) is 0.720. The van der Waals surface area contributed by atoms with Crippen LogP contribution in [0.4, 0.5) is 18.0 Å². The molecule has 4 heterocycles. The number of urea groups is 1. The number of piperidine rings is 1. The molecule has 10 nitrogen and oxygen atoms in total. The number of hydrogen-bond acceptors (Lipinski definition) is 7. The van der Waals surface area contributed by atoms with Gasteiger partial charge < -0.3 is 14.2 Å². The van der Waals surface area contributed by atoms with Gasteiger partial charge in [-0.1, -0.05) is 6.92 Å². The molecule has 2 atom stereocenters. The molecular formula is C21H25F3N8O2. The lowest BCUT2D eigenvalue weighted by molar-refractivity contribution is -0.0959. The van der Waals surface area contributed by atoms with Crippen molar-refractivity contribution in [1.29, 1.82) is 0 Å². The summed E-state index contributed by atoms with van der Waals surface area (Å²) in [5, 5.41) is 15.1. The monoisotopic (exact) mass is 478 g/mol. The van der Waals surface area contributed by atoms with E-state index < -0.39 is 29.9 Å². The summed E-state index contributed by atoms with van der Waals surface area (Å²) in [6.45, 7) is 1.47. The maximum Gasteiger partial charge on any atom is 0.415 e. The Hall–Kier alpha value is -3.38. The summed E-state index contributed by atoms with van der Waals surface area (Å²) in [6.07, 6.45) is 1.83. The number of nitrogens with zero attached hydrogens (tertiary/aromatic N) is 7. The summed E-state index contributed by atoms with van der Waals surface area (Å²) in [5.41, 5.74) is -1.61. The maximum absolute atomic E-state index is 13.8. The molecule has 2 aromatic heterocycles. The molecule has 0 spiro atoms. The highest BCUT2D eigenvalue weighted by Gasteiger charge is 2.60. The van der Waals surface area contributed by atoms with E-state index in [-0.39, 0.29) is 23.3 Å². The topological polar surface area (TPSA) is 105 Å². The largest absolute Gasteiger partial charge is 0.423 e. The molecule has 1 aliphatic carbocycles.